The van der Waals surface area contributed by atoms with E-state index in [1.807, 2.05) is 0 Å². The number of aliphatic imine (C=N–C) groups is 1. The molecular weight excluding hydrogens is 235 g/mol. The summed E-state index contributed by atoms with van der Waals surface area (Å²) in [5.41, 5.74) is 0.128. The van der Waals surface area contributed by atoms with E-state index in [2.05, 4.69) is 9.73 Å². The Morgan fingerprint density at radius 2 is 2.27 bits per heavy atom. The molecule has 0 saturated carbocycles. The van der Waals surface area contributed by atoms with Gasteiger partial charge in [0.25, 0.3) is 0 Å². The number of alkyl halides is 4. The van der Waals surface area contributed by atoms with Crippen LogP contribution in [0.4, 0.5) is 13.2 Å². The maximum Gasteiger partial charge on any atom is 0.522 e. The molecule has 1 aliphatic rings. The molecule has 1 atom stereocenters. The third-order valence-electron chi connectivity index (χ3n) is 1.84. The van der Waals surface area contributed by atoms with E-state index < -0.39 is 18.5 Å². The summed E-state index contributed by atoms with van der Waals surface area (Å²) in [5.74, 6) is 0. The van der Waals surface area contributed by atoms with E-state index in [1.54, 1.807) is 0 Å². The van der Waals surface area contributed by atoms with Gasteiger partial charge in [0.05, 0.1) is 13.2 Å². The van der Waals surface area contributed by atoms with Crippen LogP contribution >= 0.6 is 11.6 Å². The third-order valence-corrected chi connectivity index (χ3v) is 2.11. The van der Waals surface area contributed by atoms with Crippen molar-refractivity contribution in [2.45, 2.75) is 18.3 Å². The molecule has 0 aromatic carbocycles. The summed E-state index contributed by atoms with van der Waals surface area (Å²) in [6.45, 7) is -0.988. The van der Waals surface area contributed by atoms with Crippen LogP contribution in [0.3, 0.4) is 0 Å². The summed E-state index contributed by atoms with van der Waals surface area (Å²) in [7, 11) is 0. The fraction of sp³-hybridized carbons (Fsp3) is 0.625. The smallest absolute Gasteiger partial charge is 0.392 e. The van der Waals surface area contributed by atoms with Crippen LogP contribution < -0.4 is 0 Å². The Morgan fingerprint density at radius 3 is 2.80 bits per heavy atom. The lowest BCUT2D eigenvalue weighted by Crippen LogP contribution is -2.19. The second-order valence-corrected chi connectivity index (χ2v) is 3.44. The molecule has 7 heteroatoms. The molecule has 1 N–H and O–H groups in total. The fourth-order valence-corrected chi connectivity index (χ4v) is 1.36. The Labute approximate surface area is 89.2 Å². The summed E-state index contributed by atoms with van der Waals surface area (Å²) in [6.07, 6.45) is -3.23. The molecule has 3 nitrogen and oxygen atoms in total. The van der Waals surface area contributed by atoms with Gasteiger partial charge in [-0.15, -0.1) is 13.2 Å². The minimum Gasteiger partial charge on any atom is -0.392 e. The van der Waals surface area contributed by atoms with Crippen molar-refractivity contribution in [1.82, 2.24) is 0 Å². The Hall–Kier alpha value is -0.590. The number of hydrogen-bond acceptors (Lipinski definition) is 3. The van der Waals surface area contributed by atoms with Gasteiger partial charge in [-0.1, -0.05) is 11.6 Å². The average molecular weight is 244 g/mol. The molecule has 1 unspecified atom stereocenters. The molecule has 0 bridgehead atoms. The van der Waals surface area contributed by atoms with E-state index >= 15 is 0 Å². The molecule has 1 aliphatic heterocycles. The van der Waals surface area contributed by atoms with Crippen LogP contribution in [0.5, 0.6) is 0 Å². The van der Waals surface area contributed by atoms with Crippen molar-refractivity contribution >= 4 is 17.8 Å². The number of nitrogens with zero attached hydrogens (tertiary/aromatic N) is 1. The lowest BCUT2D eigenvalue weighted by molar-refractivity contribution is -0.320. The Bertz CT molecular complexity index is 288. The highest BCUT2D eigenvalue weighted by atomic mass is 35.5. The van der Waals surface area contributed by atoms with Gasteiger partial charge < -0.3 is 5.11 Å². The molecule has 0 aliphatic carbocycles. The summed E-state index contributed by atoms with van der Waals surface area (Å²) < 4.78 is 38.9. The second-order valence-electron chi connectivity index (χ2n) is 2.94. The maximum absolute atomic E-state index is 11.7. The van der Waals surface area contributed by atoms with Crippen molar-refractivity contribution in [2.24, 2.45) is 4.99 Å². The molecule has 0 fully saturated rings. The zero-order valence-corrected chi connectivity index (χ0v) is 8.35. The van der Waals surface area contributed by atoms with Gasteiger partial charge in [0.2, 0.25) is 0 Å². The lowest BCUT2D eigenvalue weighted by atomic mass is 10.1. The van der Waals surface area contributed by atoms with Gasteiger partial charge in [-0.3, -0.25) is 9.73 Å². The van der Waals surface area contributed by atoms with Crippen molar-refractivity contribution in [3.05, 3.63) is 11.1 Å². The van der Waals surface area contributed by atoms with Crippen molar-refractivity contribution in [3.8, 4) is 0 Å². The number of ether oxygens (including phenoxy) is 1. The highest BCUT2D eigenvalue weighted by Crippen LogP contribution is 2.23. The molecule has 15 heavy (non-hydrogen) atoms. The number of aliphatic hydroxyl groups excluding tert-OH is 1. The molecule has 0 aromatic heterocycles. The van der Waals surface area contributed by atoms with Crippen molar-refractivity contribution in [1.29, 1.82) is 0 Å². The quantitative estimate of drug-likeness (QED) is 0.607. The van der Waals surface area contributed by atoms with Crippen LogP contribution in [0.1, 0.15) is 6.42 Å². The van der Waals surface area contributed by atoms with Crippen LogP contribution in [0, 0.1) is 0 Å². The molecule has 1 heterocycles. The summed E-state index contributed by atoms with van der Waals surface area (Å²) in [4.78, 5) is 3.73. The number of halogens is 4. The van der Waals surface area contributed by atoms with Gasteiger partial charge >= 0.3 is 6.36 Å². The Kier molecular flexibility index (Phi) is 4.12. The normalized spacial score (nSPS) is 22.3. The van der Waals surface area contributed by atoms with Gasteiger partial charge in [0.15, 0.2) is 0 Å². The van der Waals surface area contributed by atoms with Crippen LogP contribution in [-0.4, -0.2) is 36.4 Å². The Morgan fingerprint density at radius 1 is 1.60 bits per heavy atom. The first-order chi connectivity index (χ1) is 6.92. The van der Waals surface area contributed by atoms with Crippen molar-refractivity contribution in [3.63, 3.8) is 0 Å². The van der Waals surface area contributed by atoms with E-state index in [1.165, 1.54) is 6.21 Å². The highest BCUT2D eigenvalue weighted by molar-refractivity contribution is 6.21. The predicted molar refractivity (Wildman–Crippen MR) is 48.9 cm³/mol. The maximum atomic E-state index is 11.7. The standard InChI is InChI=1S/C8H9ClF3NO2/c9-7-1-5(3-14)6(2-13-7)4-15-8(10,11)12/h2,7,14H,1,3-4H2. The average Bonchev–Trinajstić information content (AvgIpc) is 2.14. The molecule has 0 saturated heterocycles. The predicted octanol–water partition coefficient (Wildman–Crippen LogP) is 1.85. The van der Waals surface area contributed by atoms with Crippen molar-refractivity contribution < 1.29 is 23.0 Å². The highest BCUT2D eigenvalue weighted by Gasteiger charge is 2.30. The fourth-order valence-electron chi connectivity index (χ4n) is 1.11. The first kappa shape index (κ1) is 12.5. The van der Waals surface area contributed by atoms with Gasteiger partial charge in [-0.25, -0.2) is 0 Å². The number of rotatable bonds is 3. The van der Waals surface area contributed by atoms with E-state index in [0.717, 1.165) is 0 Å². The minimum atomic E-state index is -4.68. The van der Waals surface area contributed by atoms with E-state index in [9.17, 15) is 13.2 Å². The van der Waals surface area contributed by atoms with E-state index in [4.69, 9.17) is 16.7 Å². The van der Waals surface area contributed by atoms with Crippen LogP contribution in [0.15, 0.2) is 16.1 Å². The van der Waals surface area contributed by atoms with Gasteiger partial charge in [0.1, 0.15) is 5.50 Å². The van der Waals surface area contributed by atoms with Gasteiger partial charge in [0, 0.05) is 12.6 Å². The molecular formula is C8H9ClF3NO2. The molecule has 1 rings (SSSR count). The topological polar surface area (TPSA) is 41.8 Å². The van der Waals surface area contributed by atoms with Crippen LogP contribution in [-0.2, 0) is 4.74 Å². The first-order valence-electron chi connectivity index (χ1n) is 4.12. The molecule has 0 radical (unpaired) electrons. The number of hydrogen-bond donors (Lipinski definition) is 1. The van der Waals surface area contributed by atoms with Crippen LogP contribution in [0.2, 0.25) is 0 Å². The monoisotopic (exact) mass is 243 g/mol. The van der Waals surface area contributed by atoms with Crippen LogP contribution in [0.25, 0.3) is 0 Å². The SMILES string of the molecule is OCC1=C(COC(F)(F)F)C=NC(Cl)C1. The summed E-state index contributed by atoms with van der Waals surface area (Å²) in [6, 6.07) is 0. The van der Waals surface area contributed by atoms with E-state index in [-0.39, 0.29) is 18.6 Å². The lowest BCUT2D eigenvalue weighted by Gasteiger charge is -2.17. The third kappa shape index (κ3) is 4.19. The molecule has 0 aromatic rings. The second kappa shape index (κ2) is 4.96. The van der Waals surface area contributed by atoms with Gasteiger partial charge in [-0.2, -0.15) is 0 Å². The van der Waals surface area contributed by atoms with E-state index in [0.29, 0.717) is 5.57 Å². The number of aliphatic hydroxyl groups is 1. The Balaban J connectivity index is 2.63. The zero-order valence-electron chi connectivity index (χ0n) is 7.59. The minimum absolute atomic E-state index is 0.228. The summed E-state index contributed by atoms with van der Waals surface area (Å²) >= 11 is 5.64. The summed E-state index contributed by atoms with van der Waals surface area (Å²) in [5, 5.41) is 8.89. The largest absolute Gasteiger partial charge is 0.522 e. The molecule has 86 valence electrons. The van der Waals surface area contributed by atoms with Gasteiger partial charge in [-0.05, 0) is 11.1 Å². The zero-order chi connectivity index (χ0) is 11.5. The van der Waals surface area contributed by atoms with Crippen molar-refractivity contribution in [2.75, 3.05) is 13.2 Å². The molecule has 0 spiro atoms. The first-order valence-corrected chi connectivity index (χ1v) is 4.55. The molecule has 0 amide bonds. The number of dihydropyridines is 1.